The Morgan fingerprint density at radius 2 is 1.59 bits per heavy atom. The average Bonchev–Trinajstić information content (AvgIpc) is 3.11. The molecular formula is C23H15Cl2NS. The Balaban J connectivity index is 1.70. The summed E-state index contributed by atoms with van der Waals surface area (Å²) < 4.78 is 0. The van der Waals surface area contributed by atoms with Crippen LogP contribution in [0.15, 0.2) is 77.7 Å². The summed E-state index contributed by atoms with van der Waals surface area (Å²) in [6.07, 6.45) is 0.917. The Bertz CT molecular complexity index is 1140. The fraction of sp³-hybridized carbons (Fsp3) is 0.0870. The number of benzene rings is 3. The maximum atomic E-state index is 6.32. The molecule has 4 aromatic rings. The Labute approximate surface area is 172 Å². The van der Waals surface area contributed by atoms with E-state index < -0.39 is 0 Å². The first-order valence-electron chi connectivity index (χ1n) is 8.79. The third-order valence-corrected chi connectivity index (χ3v) is 6.80. The lowest BCUT2D eigenvalue weighted by atomic mass is 9.98. The molecule has 1 aromatic heterocycles. The van der Waals surface area contributed by atoms with Crippen molar-refractivity contribution in [3.05, 3.63) is 94.1 Å². The van der Waals surface area contributed by atoms with Crippen molar-refractivity contribution in [3.8, 4) is 11.1 Å². The van der Waals surface area contributed by atoms with Crippen molar-refractivity contribution < 1.29 is 0 Å². The summed E-state index contributed by atoms with van der Waals surface area (Å²) in [6, 6.07) is 24.6. The molecule has 0 saturated carbocycles. The van der Waals surface area contributed by atoms with Crippen molar-refractivity contribution in [2.75, 3.05) is 0 Å². The first-order valence-corrected chi connectivity index (χ1v) is 10.4. The zero-order chi connectivity index (χ0) is 18.4. The smallest absolute Gasteiger partial charge is 0.0713 e. The van der Waals surface area contributed by atoms with Crippen molar-refractivity contribution in [2.24, 2.45) is 0 Å². The number of rotatable bonds is 2. The van der Waals surface area contributed by atoms with Gasteiger partial charge in [-0.15, -0.1) is 11.8 Å². The van der Waals surface area contributed by atoms with Crippen LogP contribution in [0.1, 0.15) is 16.5 Å². The summed E-state index contributed by atoms with van der Waals surface area (Å²) in [5.74, 6) is 0. The van der Waals surface area contributed by atoms with E-state index in [0.29, 0.717) is 5.25 Å². The lowest BCUT2D eigenvalue weighted by Crippen LogP contribution is -1.95. The molecule has 1 atom stereocenters. The van der Waals surface area contributed by atoms with E-state index in [9.17, 15) is 0 Å². The predicted octanol–water partition coefficient (Wildman–Crippen LogP) is 7.60. The number of hydrogen-bond donors (Lipinski definition) is 0. The molecule has 5 rings (SSSR count). The van der Waals surface area contributed by atoms with Gasteiger partial charge in [-0.2, -0.15) is 0 Å². The second kappa shape index (κ2) is 6.87. The van der Waals surface area contributed by atoms with Crippen molar-refractivity contribution in [2.45, 2.75) is 16.6 Å². The predicted molar refractivity (Wildman–Crippen MR) is 116 cm³/mol. The van der Waals surface area contributed by atoms with Gasteiger partial charge in [0.05, 0.1) is 11.2 Å². The summed E-state index contributed by atoms with van der Waals surface area (Å²) in [6.45, 7) is 0. The molecular weight excluding hydrogens is 393 g/mol. The molecule has 1 aliphatic rings. The second-order valence-corrected chi connectivity index (χ2v) is 8.74. The normalized spacial score (nSPS) is 15.9. The van der Waals surface area contributed by atoms with Gasteiger partial charge in [-0.3, -0.25) is 4.98 Å². The van der Waals surface area contributed by atoms with E-state index in [4.69, 9.17) is 28.2 Å². The van der Waals surface area contributed by atoms with Gasteiger partial charge in [0.25, 0.3) is 0 Å². The van der Waals surface area contributed by atoms with Crippen LogP contribution in [0.5, 0.6) is 0 Å². The second-order valence-electron chi connectivity index (χ2n) is 6.65. The van der Waals surface area contributed by atoms with Gasteiger partial charge in [0, 0.05) is 37.6 Å². The van der Waals surface area contributed by atoms with Gasteiger partial charge < -0.3 is 0 Å². The molecule has 3 aromatic carbocycles. The fourth-order valence-electron chi connectivity index (χ4n) is 3.65. The number of pyridine rings is 1. The lowest BCUT2D eigenvalue weighted by Gasteiger charge is -2.13. The minimum atomic E-state index is 0.347. The first-order chi connectivity index (χ1) is 13.2. The standard InChI is InChI=1S/C23H15Cl2NS/c24-16-8-6-14(7-9-16)21-13-20-23(27-21)22(15-4-2-1-3-5-15)18-12-17(25)10-11-19(18)26-20/h1-12,21H,13H2. The summed E-state index contributed by atoms with van der Waals surface area (Å²) in [4.78, 5) is 6.23. The highest BCUT2D eigenvalue weighted by molar-refractivity contribution is 8.00. The number of fused-ring (bicyclic) bond motifs is 2. The van der Waals surface area contributed by atoms with Gasteiger partial charge in [0.15, 0.2) is 0 Å². The molecule has 1 nitrogen and oxygen atoms in total. The van der Waals surface area contributed by atoms with Crippen molar-refractivity contribution >= 4 is 45.9 Å². The first kappa shape index (κ1) is 17.1. The third-order valence-electron chi connectivity index (χ3n) is 4.92. The minimum Gasteiger partial charge on any atom is -0.252 e. The molecule has 2 heterocycles. The molecule has 27 heavy (non-hydrogen) atoms. The fourth-order valence-corrected chi connectivity index (χ4v) is 5.38. The maximum absolute atomic E-state index is 6.32. The topological polar surface area (TPSA) is 12.9 Å². The third kappa shape index (κ3) is 3.12. The Morgan fingerprint density at radius 3 is 2.37 bits per heavy atom. The molecule has 0 bridgehead atoms. The largest absolute Gasteiger partial charge is 0.252 e. The van der Waals surface area contributed by atoms with Crippen LogP contribution in [0.2, 0.25) is 10.0 Å². The van der Waals surface area contributed by atoms with Crippen LogP contribution in [0.4, 0.5) is 0 Å². The zero-order valence-corrected chi connectivity index (χ0v) is 16.7. The summed E-state index contributed by atoms with van der Waals surface area (Å²) in [5, 5.41) is 2.96. The van der Waals surface area contributed by atoms with E-state index in [1.807, 2.05) is 48.2 Å². The van der Waals surface area contributed by atoms with Crippen molar-refractivity contribution in [3.63, 3.8) is 0 Å². The Hall–Kier alpha value is -2.00. The molecule has 0 saturated heterocycles. The van der Waals surface area contributed by atoms with Gasteiger partial charge in [-0.25, -0.2) is 0 Å². The molecule has 0 radical (unpaired) electrons. The molecule has 1 unspecified atom stereocenters. The van der Waals surface area contributed by atoms with Gasteiger partial charge in [0.1, 0.15) is 0 Å². The summed E-state index contributed by atoms with van der Waals surface area (Å²) >= 11 is 14.3. The van der Waals surface area contributed by atoms with Gasteiger partial charge in [0.2, 0.25) is 0 Å². The Morgan fingerprint density at radius 1 is 0.852 bits per heavy atom. The number of nitrogens with zero attached hydrogens (tertiary/aromatic N) is 1. The van der Waals surface area contributed by atoms with Crippen LogP contribution in [0.25, 0.3) is 22.0 Å². The van der Waals surface area contributed by atoms with Gasteiger partial charge >= 0.3 is 0 Å². The summed E-state index contributed by atoms with van der Waals surface area (Å²) in [5.41, 5.74) is 5.87. The average molecular weight is 408 g/mol. The van der Waals surface area contributed by atoms with Crippen LogP contribution in [0.3, 0.4) is 0 Å². The quantitative estimate of drug-likeness (QED) is 0.339. The lowest BCUT2D eigenvalue weighted by molar-refractivity contribution is 0.912. The van der Waals surface area contributed by atoms with Crippen LogP contribution in [-0.4, -0.2) is 4.98 Å². The van der Waals surface area contributed by atoms with E-state index >= 15 is 0 Å². The highest BCUT2D eigenvalue weighted by Crippen LogP contribution is 2.51. The molecule has 0 spiro atoms. The van der Waals surface area contributed by atoms with Crippen LogP contribution < -0.4 is 0 Å². The number of aromatic nitrogens is 1. The molecule has 0 aliphatic carbocycles. The molecule has 0 N–H and O–H groups in total. The van der Waals surface area contributed by atoms with E-state index in [1.165, 1.54) is 21.6 Å². The highest BCUT2D eigenvalue weighted by Gasteiger charge is 2.29. The minimum absolute atomic E-state index is 0.347. The van der Waals surface area contributed by atoms with Crippen molar-refractivity contribution in [1.29, 1.82) is 0 Å². The maximum Gasteiger partial charge on any atom is 0.0713 e. The number of halogens is 2. The molecule has 0 amide bonds. The van der Waals surface area contributed by atoms with Crippen molar-refractivity contribution in [1.82, 2.24) is 4.98 Å². The van der Waals surface area contributed by atoms with E-state index in [0.717, 1.165) is 33.1 Å². The molecule has 132 valence electrons. The molecule has 4 heteroatoms. The van der Waals surface area contributed by atoms with E-state index in [-0.39, 0.29) is 0 Å². The van der Waals surface area contributed by atoms with Gasteiger partial charge in [-0.1, -0.05) is 65.7 Å². The monoisotopic (exact) mass is 407 g/mol. The van der Waals surface area contributed by atoms with Crippen LogP contribution in [-0.2, 0) is 6.42 Å². The SMILES string of the molecule is Clc1ccc(C2Cc3nc4ccc(Cl)cc4c(-c4ccccc4)c3S2)cc1. The van der Waals surface area contributed by atoms with Gasteiger partial charge in [-0.05, 0) is 41.5 Å². The van der Waals surface area contributed by atoms with E-state index in [1.54, 1.807) is 0 Å². The Kier molecular flexibility index (Phi) is 4.35. The van der Waals surface area contributed by atoms with Crippen LogP contribution in [0, 0.1) is 0 Å². The van der Waals surface area contributed by atoms with Crippen LogP contribution >= 0.6 is 35.0 Å². The molecule has 0 fully saturated rings. The summed E-state index contributed by atoms with van der Waals surface area (Å²) in [7, 11) is 0. The number of hydrogen-bond acceptors (Lipinski definition) is 2. The number of thioether (sulfide) groups is 1. The zero-order valence-electron chi connectivity index (χ0n) is 14.3. The molecule has 1 aliphatic heterocycles. The van der Waals surface area contributed by atoms with E-state index in [2.05, 4.69) is 36.4 Å². The highest BCUT2D eigenvalue weighted by atomic mass is 35.5.